The van der Waals surface area contributed by atoms with Crippen molar-refractivity contribution in [2.45, 2.75) is 0 Å². The minimum atomic E-state index is 0.672. The third kappa shape index (κ3) is 2.63. The predicted octanol–water partition coefficient (Wildman–Crippen LogP) is 4.44. The topological polar surface area (TPSA) is 59.2 Å². The van der Waals surface area contributed by atoms with E-state index in [2.05, 4.69) is 46.7 Å². The summed E-state index contributed by atoms with van der Waals surface area (Å²) in [5.41, 5.74) is 3.90. The standard InChI is InChI=1S/C20H19N3O2/c1-21-15-7-6-12-8-14(5-4-13(12)9-15)20-22-16-10-18(24-2)19(25-3)11-17(16)23-20/h4-11,21H,1-3H3,(H,22,23). The summed E-state index contributed by atoms with van der Waals surface area (Å²) in [5, 5.41) is 5.53. The number of hydrogen-bond donors (Lipinski definition) is 2. The number of imidazole rings is 1. The van der Waals surface area contributed by atoms with Gasteiger partial charge in [0.15, 0.2) is 11.5 Å². The molecule has 5 heteroatoms. The number of aromatic nitrogens is 2. The van der Waals surface area contributed by atoms with Gasteiger partial charge in [-0.1, -0.05) is 18.2 Å². The van der Waals surface area contributed by atoms with Crippen molar-refractivity contribution in [2.24, 2.45) is 0 Å². The van der Waals surface area contributed by atoms with Crippen molar-refractivity contribution in [2.75, 3.05) is 26.6 Å². The maximum Gasteiger partial charge on any atom is 0.163 e. The molecule has 2 N–H and O–H groups in total. The van der Waals surface area contributed by atoms with Crippen LogP contribution in [0.1, 0.15) is 0 Å². The zero-order valence-electron chi connectivity index (χ0n) is 14.4. The zero-order valence-corrected chi connectivity index (χ0v) is 14.4. The molecule has 1 heterocycles. The number of methoxy groups -OCH3 is 2. The van der Waals surface area contributed by atoms with Crippen LogP contribution < -0.4 is 14.8 Å². The molecular formula is C20H19N3O2. The number of nitrogens with zero attached hydrogens (tertiary/aromatic N) is 1. The molecule has 0 saturated carbocycles. The summed E-state index contributed by atoms with van der Waals surface area (Å²) in [4.78, 5) is 8.07. The average molecular weight is 333 g/mol. The summed E-state index contributed by atoms with van der Waals surface area (Å²) in [5.74, 6) is 2.18. The minimum Gasteiger partial charge on any atom is -0.493 e. The molecule has 4 aromatic rings. The quantitative estimate of drug-likeness (QED) is 0.579. The Hall–Kier alpha value is -3.21. The first-order valence-corrected chi connectivity index (χ1v) is 8.05. The fourth-order valence-corrected chi connectivity index (χ4v) is 3.02. The highest BCUT2D eigenvalue weighted by Crippen LogP contribution is 2.33. The van der Waals surface area contributed by atoms with E-state index in [4.69, 9.17) is 14.5 Å². The van der Waals surface area contributed by atoms with Crippen molar-refractivity contribution in [1.82, 2.24) is 9.97 Å². The van der Waals surface area contributed by atoms with Crippen LogP contribution in [-0.2, 0) is 0 Å². The van der Waals surface area contributed by atoms with E-state index in [-0.39, 0.29) is 0 Å². The molecule has 0 radical (unpaired) electrons. The third-order valence-electron chi connectivity index (χ3n) is 4.39. The Kier molecular flexibility index (Phi) is 3.69. The highest BCUT2D eigenvalue weighted by molar-refractivity contribution is 5.90. The van der Waals surface area contributed by atoms with E-state index < -0.39 is 0 Å². The van der Waals surface area contributed by atoms with E-state index in [1.165, 1.54) is 10.8 Å². The van der Waals surface area contributed by atoms with Crippen LogP contribution in [0.4, 0.5) is 5.69 Å². The van der Waals surface area contributed by atoms with Gasteiger partial charge in [0, 0.05) is 30.4 Å². The second-order valence-electron chi connectivity index (χ2n) is 5.84. The average Bonchev–Trinajstić information content (AvgIpc) is 3.08. The molecule has 0 aliphatic rings. The SMILES string of the molecule is CNc1ccc2cc(-c3nc4cc(OC)c(OC)cc4[nH]3)ccc2c1. The van der Waals surface area contributed by atoms with Crippen molar-refractivity contribution < 1.29 is 9.47 Å². The van der Waals surface area contributed by atoms with Gasteiger partial charge in [0.25, 0.3) is 0 Å². The summed E-state index contributed by atoms with van der Waals surface area (Å²) in [6.07, 6.45) is 0. The first kappa shape index (κ1) is 15.3. The molecule has 4 rings (SSSR count). The Morgan fingerprint density at radius 2 is 1.60 bits per heavy atom. The van der Waals surface area contributed by atoms with Crippen LogP contribution in [0.25, 0.3) is 33.2 Å². The molecule has 5 nitrogen and oxygen atoms in total. The second kappa shape index (κ2) is 6.02. The van der Waals surface area contributed by atoms with Crippen LogP contribution in [-0.4, -0.2) is 31.2 Å². The lowest BCUT2D eigenvalue weighted by Crippen LogP contribution is -1.89. The van der Waals surface area contributed by atoms with E-state index in [0.717, 1.165) is 28.1 Å². The Labute approximate surface area is 145 Å². The molecule has 126 valence electrons. The normalized spacial score (nSPS) is 11.0. The van der Waals surface area contributed by atoms with E-state index >= 15 is 0 Å². The summed E-state index contributed by atoms with van der Waals surface area (Å²) < 4.78 is 10.7. The number of ether oxygens (including phenoxy) is 2. The van der Waals surface area contributed by atoms with Crippen molar-refractivity contribution >= 4 is 27.5 Å². The van der Waals surface area contributed by atoms with Gasteiger partial charge in [-0.25, -0.2) is 4.98 Å². The molecule has 0 aliphatic carbocycles. The van der Waals surface area contributed by atoms with Crippen molar-refractivity contribution in [3.05, 3.63) is 48.5 Å². The Morgan fingerprint density at radius 1 is 0.880 bits per heavy atom. The fraction of sp³-hybridized carbons (Fsp3) is 0.150. The summed E-state index contributed by atoms with van der Waals surface area (Å²) in [6, 6.07) is 16.4. The van der Waals surface area contributed by atoms with Crippen LogP contribution in [0, 0.1) is 0 Å². The Bertz CT molecular complexity index is 1030. The van der Waals surface area contributed by atoms with Crippen LogP contribution in [0.5, 0.6) is 11.5 Å². The van der Waals surface area contributed by atoms with Gasteiger partial charge < -0.3 is 19.8 Å². The minimum absolute atomic E-state index is 0.672. The van der Waals surface area contributed by atoms with Crippen molar-refractivity contribution in [3.8, 4) is 22.9 Å². The highest BCUT2D eigenvalue weighted by Gasteiger charge is 2.11. The smallest absolute Gasteiger partial charge is 0.163 e. The van der Waals surface area contributed by atoms with Crippen LogP contribution in [0.15, 0.2) is 48.5 Å². The maximum atomic E-state index is 5.36. The van der Waals surface area contributed by atoms with Crippen molar-refractivity contribution in [1.29, 1.82) is 0 Å². The lowest BCUT2D eigenvalue weighted by atomic mass is 10.1. The fourth-order valence-electron chi connectivity index (χ4n) is 3.02. The molecule has 0 unspecified atom stereocenters. The van der Waals surface area contributed by atoms with Crippen LogP contribution in [0.3, 0.4) is 0 Å². The van der Waals surface area contributed by atoms with E-state index in [1.54, 1.807) is 14.2 Å². The largest absolute Gasteiger partial charge is 0.493 e. The van der Waals surface area contributed by atoms with Gasteiger partial charge >= 0.3 is 0 Å². The van der Waals surface area contributed by atoms with Gasteiger partial charge in [-0.3, -0.25) is 0 Å². The van der Waals surface area contributed by atoms with Crippen LogP contribution in [0.2, 0.25) is 0 Å². The zero-order chi connectivity index (χ0) is 17.4. The molecular weight excluding hydrogens is 314 g/mol. The predicted molar refractivity (Wildman–Crippen MR) is 102 cm³/mol. The number of fused-ring (bicyclic) bond motifs is 2. The van der Waals surface area contributed by atoms with Crippen LogP contribution >= 0.6 is 0 Å². The van der Waals surface area contributed by atoms with E-state index in [9.17, 15) is 0 Å². The molecule has 0 spiro atoms. The summed E-state index contributed by atoms with van der Waals surface area (Å²) in [7, 11) is 5.18. The first-order valence-electron chi connectivity index (χ1n) is 8.05. The van der Waals surface area contributed by atoms with Gasteiger partial charge in [0.05, 0.1) is 25.3 Å². The number of benzene rings is 3. The molecule has 0 aliphatic heterocycles. The summed E-state index contributed by atoms with van der Waals surface area (Å²) >= 11 is 0. The number of hydrogen-bond acceptors (Lipinski definition) is 4. The lowest BCUT2D eigenvalue weighted by Gasteiger charge is -2.06. The van der Waals surface area contributed by atoms with Gasteiger partial charge in [-0.2, -0.15) is 0 Å². The van der Waals surface area contributed by atoms with Gasteiger partial charge in [-0.15, -0.1) is 0 Å². The second-order valence-corrected chi connectivity index (χ2v) is 5.84. The van der Waals surface area contributed by atoms with Gasteiger partial charge in [-0.05, 0) is 29.0 Å². The lowest BCUT2D eigenvalue weighted by molar-refractivity contribution is 0.356. The molecule has 25 heavy (non-hydrogen) atoms. The molecule has 0 atom stereocenters. The molecule has 1 aromatic heterocycles. The molecule has 0 bridgehead atoms. The molecule has 0 amide bonds. The Morgan fingerprint density at radius 3 is 2.36 bits per heavy atom. The number of aromatic amines is 1. The number of anilines is 1. The first-order chi connectivity index (χ1) is 12.2. The van der Waals surface area contributed by atoms with Gasteiger partial charge in [0.2, 0.25) is 0 Å². The van der Waals surface area contributed by atoms with Gasteiger partial charge in [0.1, 0.15) is 5.82 Å². The summed E-state index contributed by atoms with van der Waals surface area (Å²) in [6.45, 7) is 0. The van der Waals surface area contributed by atoms with E-state index in [0.29, 0.717) is 11.5 Å². The Balaban J connectivity index is 1.82. The molecule has 3 aromatic carbocycles. The monoisotopic (exact) mass is 333 g/mol. The number of H-pyrrole nitrogens is 1. The number of rotatable bonds is 4. The number of nitrogens with one attached hydrogen (secondary N) is 2. The molecule has 0 fully saturated rings. The third-order valence-corrected chi connectivity index (χ3v) is 4.39. The van der Waals surface area contributed by atoms with Crippen molar-refractivity contribution in [3.63, 3.8) is 0 Å². The highest BCUT2D eigenvalue weighted by atomic mass is 16.5. The van der Waals surface area contributed by atoms with E-state index in [1.807, 2.05) is 19.2 Å². The maximum absolute atomic E-state index is 5.36. The molecule has 0 saturated heterocycles.